The lowest BCUT2D eigenvalue weighted by Crippen LogP contribution is -2.45. The Morgan fingerprint density at radius 2 is 2.20 bits per heavy atom. The lowest BCUT2D eigenvalue weighted by molar-refractivity contribution is -0.123. The van der Waals surface area contributed by atoms with Gasteiger partial charge in [-0.1, -0.05) is 6.07 Å². The molecule has 1 aliphatic heterocycles. The van der Waals surface area contributed by atoms with Crippen LogP contribution in [0.25, 0.3) is 0 Å². The van der Waals surface area contributed by atoms with Crippen LogP contribution in [-0.2, 0) is 11.3 Å². The summed E-state index contributed by atoms with van der Waals surface area (Å²) in [6.07, 6.45) is 3.15. The van der Waals surface area contributed by atoms with Crippen molar-refractivity contribution < 1.29 is 14.0 Å². The van der Waals surface area contributed by atoms with Crippen molar-refractivity contribution >= 4 is 11.8 Å². The standard InChI is InChI=1S/C18H22N4O3/c1-21(2)9-8-20-17(23)14-12-22(18(24)15-6-4-10-25-15)11-13-5-3-7-19-16(13)14/h3-7,10,14H,8-9,11-12H2,1-2H3,(H,20,23). The minimum atomic E-state index is -0.481. The van der Waals surface area contributed by atoms with Crippen LogP contribution in [0.1, 0.15) is 27.7 Å². The van der Waals surface area contributed by atoms with E-state index in [2.05, 4.69) is 10.3 Å². The zero-order chi connectivity index (χ0) is 17.8. The van der Waals surface area contributed by atoms with E-state index in [0.29, 0.717) is 13.1 Å². The van der Waals surface area contributed by atoms with Crippen LogP contribution < -0.4 is 5.32 Å². The van der Waals surface area contributed by atoms with Crippen molar-refractivity contribution in [2.24, 2.45) is 0 Å². The Hall–Kier alpha value is -2.67. The van der Waals surface area contributed by atoms with Gasteiger partial charge in [0.25, 0.3) is 5.91 Å². The molecule has 0 saturated heterocycles. The first kappa shape index (κ1) is 17.2. The Morgan fingerprint density at radius 1 is 1.36 bits per heavy atom. The fraction of sp³-hybridized carbons (Fsp3) is 0.389. The van der Waals surface area contributed by atoms with Gasteiger partial charge in [0.1, 0.15) is 0 Å². The summed E-state index contributed by atoms with van der Waals surface area (Å²) in [4.78, 5) is 33.3. The number of nitrogens with one attached hydrogen (secondary N) is 1. The van der Waals surface area contributed by atoms with Gasteiger partial charge in [-0.15, -0.1) is 0 Å². The summed E-state index contributed by atoms with van der Waals surface area (Å²) < 4.78 is 5.21. The van der Waals surface area contributed by atoms with Gasteiger partial charge in [-0.2, -0.15) is 0 Å². The van der Waals surface area contributed by atoms with E-state index in [-0.39, 0.29) is 24.1 Å². The summed E-state index contributed by atoms with van der Waals surface area (Å²) >= 11 is 0. The van der Waals surface area contributed by atoms with Crippen LogP contribution in [0.5, 0.6) is 0 Å². The highest BCUT2D eigenvalue weighted by Crippen LogP contribution is 2.27. The molecule has 2 amide bonds. The molecule has 0 aliphatic carbocycles. The maximum atomic E-state index is 12.7. The number of rotatable bonds is 5. The summed E-state index contributed by atoms with van der Waals surface area (Å²) in [5.74, 6) is -0.533. The van der Waals surface area contributed by atoms with Gasteiger partial charge in [0, 0.05) is 32.4 Å². The van der Waals surface area contributed by atoms with Crippen molar-refractivity contribution in [3.63, 3.8) is 0 Å². The molecule has 1 unspecified atom stereocenters. The normalized spacial score (nSPS) is 16.6. The fourth-order valence-electron chi connectivity index (χ4n) is 2.92. The number of fused-ring (bicyclic) bond motifs is 1. The van der Waals surface area contributed by atoms with Crippen molar-refractivity contribution in [3.8, 4) is 0 Å². The second-order valence-corrected chi connectivity index (χ2v) is 6.36. The van der Waals surface area contributed by atoms with E-state index >= 15 is 0 Å². The van der Waals surface area contributed by atoms with E-state index in [1.54, 1.807) is 23.2 Å². The monoisotopic (exact) mass is 342 g/mol. The third-order valence-electron chi connectivity index (χ3n) is 4.21. The van der Waals surface area contributed by atoms with Crippen molar-refractivity contribution in [1.29, 1.82) is 0 Å². The number of furan rings is 1. The number of carbonyl (C=O) groups is 2. The van der Waals surface area contributed by atoms with E-state index in [9.17, 15) is 9.59 Å². The smallest absolute Gasteiger partial charge is 0.289 e. The predicted molar refractivity (Wildman–Crippen MR) is 92.0 cm³/mol. The zero-order valence-electron chi connectivity index (χ0n) is 14.4. The van der Waals surface area contributed by atoms with Gasteiger partial charge >= 0.3 is 0 Å². The average Bonchev–Trinajstić information content (AvgIpc) is 3.14. The average molecular weight is 342 g/mol. The number of hydrogen-bond acceptors (Lipinski definition) is 5. The van der Waals surface area contributed by atoms with Gasteiger partial charge < -0.3 is 19.5 Å². The lowest BCUT2D eigenvalue weighted by atomic mass is 9.93. The molecule has 3 heterocycles. The van der Waals surface area contributed by atoms with Crippen LogP contribution in [0.4, 0.5) is 0 Å². The molecule has 0 saturated carbocycles. The SMILES string of the molecule is CN(C)CCNC(=O)C1CN(C(=O)c2ccco2)Cc2cccnc21. The Bertz CT molecular complexity index is 743. The van der Waals surface area contributed by atoms with Gasteiger partial charge in [0.2, 0.25) is 5.91 Å². The van der Waals surface area contributed by atoms with Crippen LogP contribution in [0, 0.1) is 0 Å². The maximum absolute atomic E-state index is 12.7. The van der Waals surface area contributed by atoms with E-state index in [1.807, 2.05) is 31.1 Å². The second-order valence-electron chi connectivity index (χ2n) is 6.36. The molecule has 25 heavy (non-hydrogen) atoms. The molecule has 0 aromatic carbocycles. The molecule has 1 aliphatic rings. The first-order valence-corrected chi connectivity index (χ1v) is 8.25. The predicted octanol–water partition coefficient (Wildman–Crippen LogP) is 1.09. The van der Waals surface area contributed by atoms with Crippen molar-refractivity contribution in [2.75, 3.05) is 33.7 Å². The zero-order valence-corrected chi connectivity index (χ0v) is 14.4. The highest BCUT2D eigenvalue weighted by atomic mass is 16.3. The van der Waals surface area contributed by atoms with Crippen LogP contribution in [0.3, 0.4) is 0 Å². The molecular formula is C18H22N4O3. The number of hydrogen-bond donors (Lipinski definition) is 1. The van der Waals surface area contributed by atoms with Gasteiger partial charge in [-0.3, -0.25) is 14.6 Å². The van der Waals surface area contributed by atoms with Crippen molar-refractivity contribution in [1.82, 2.24) is 20.1 Å². The number of carbonyl (C=O) groups excluding carboxylic acids is 2. The molecule has 0 spiro atoms. The molecule has 7 heteroatoms. The molecule has 2 aromatic rings. The molecule has 0 bridgehead atoms. The molecule has 0 fully saturated rings. The summed E-state index contributed by atoms with van der Waals surface area (Å²) in [6.45, 7) is 2.01. The molecule has 1 atom stereocenters. The number of nitrogens with zero attached hydrogens (tertiary/aromatic N) is 3. The summed E-state index contributed by atoms with van der Waals surface area (Å²) in [7, 11) is 3.90. The summed E-state index contributed by atoms with van der Waals surface area (Å²) in [5, 5.41) is 2.94. The molecule has 1 N–H and O–H groups in total. The Morgan fingerprint density at radius 3 is 2.92 bits per heavy atom. The topological polar surface area (TPSA) is 78.7 Å². The van der Waals surface area contributed by atoms with E-state index in [1.165, 1.54) is 6.26 Å². The number of pyridine rings is 1. The Balaban J connectivity index is 1.79. The van der Waals surface area contributed by atoms with E-state index < -0.39 is 5.92 Å². The first-order valence-electron chi connectivity index (χ1n) is 8.25. The number of amides is 2. The van der Waals surface area contributed by atoms with Crippen LogP contribution >= 0.6 is 0 Å². The third kappa shape index (κ3) is 3.88. The Kier molecular flexibility index (Phi) is 5.14. The third-order valence-corrected chi connectivity index (χ3v) is 4.21. The molecule has 132 valence electrons. The summed E-state index contributed by atoms with van der Waals surface area (Å²) in [5.41, 5.74) is 1.63. The van der Waals surface area contributed by atoms with Crippen molar-refractivity contribution in [3.05, 3.63) is 53.7 Å². The quantitative estimate of drug-likeness (QED) is 0.880. The van der Waals surface area contributed by atoms with E-state index in [4.69, 9.17) is 4.42 Å². The second kappa shape index (κ2) is 7.48. The number of aromatic nitrogens is 1. The molecule has 2 aromatic heterocycles. The largest absolute Gasteiger partial charge is 0.459 e. The van der Waals surface area contributed by atoms with Gasteiger partial charge in [0.05, 0.1) is 17.9 Å². The van der Waals surface area contributed by atoms with Crippen LogP contribution in [0.2, 0.25) is 0 Å². The van der Waals surface area contributed by atoms with Gasteiger partial charge in [0.15, 0.2) is 5.76 Å². The number of likely N-dealkylation sites (N-methyl/N-ethyl adjacent to an activating group) is 1. The van der Waals surface area contributed by atoms with Crippen LogP contribution in [-0.4, -0.2) is 60.3 Å². The molecule has 0 radical (unpaired) electrons. The Labute approximate surface area is 146 Å². The van der Waals surface area contributed by atoms with Gasteiger partial charge in [-0.25, -0.2) is 0 Å². The van der Waals surface area contributed by atoms with Crippen LogP contribution in [0.15, 0.2) is 41.1 Å². The first-order chi connectivity index (χ1) is 12.1. The van der Waals surface area contributed by atoms with Crippen molar-refractivity contribution in [2.45, 2.75) is 12.5 Å². The summed E-state index contributed by atoms with van der Waals surface area (Å²) in [6, 6.07) is 7.04. The highest BCUT2D eigenvalue weighted by Gasteiger charge is 2.34. The highest BCUT2D eigenvalue weighted by molar-refractivity contribution is 5.93. The van der Waals surface area contributed by atoms with Gasteiger partial charge in [-0.05, 0) is 37.9 Å². The fourth-order valence-corrected chi connectivity index (χ4v) is 2.92. The van der Waals surface area contributed by atoms with E-state index in [0.717, 1.165) is 17.8 Å². The molecule has 3 rings (SSSR count). The molecular weight excluding hydrogens is 320 g/mol. The maximum Gasteiger partial charge on any atom is 0.289 e. The lowest BCUT2D eigenvalue weighted by Gasteiger charge is -2.32. The molecule has 7 nitrogen and oxygen atoms in total. The minimum Gasteiger partial charge on any atom is -0.459 e. The minimum absolute atomic E-state index is 0.112.